The molecule has 8 nitrogen and oxygen atoms in total. The summed E-state index contributed by atoms with van der Waals surface area (Å²) in [6.07, 6.45) is 1.28. The molecule has 170 valence electrons. The zero-order valence-electron chi connectivity index (χ0n) is 18.5. The molecular weight excluding hydrogens is 438 g/mol. The summed E-state index contributed by atoms with van der Waals surface area (Å²) in [5, 5.41) is 20.1. The number of aromatic hydroxyl groups is 1. The molecular formula is C24H25N5O3S. The van der Waals surface area contributed by atoms with Gasteiger partial charge in [0.1, 0.15) is 4.90 Å². The summed E-state index contributed by atoms with van der Waals surface area (Å²) in [6, 6.07) is 20.4. The van der Waals surface area contributed by atoms with Crippen molar-refractivity contribution in [2.75, 3.05) is 13.1 Å². The van der Waals surface area contributed by atoms with E-state index in [2.05, 4.69) is 15.2 Å². The van der Waals surface area contributed by atoms with E-state index < -0.39 is 10.0 Å². The van der Waals surface area contributed by atoms with E-state index in [1.54, 1.807) is 18.4 Å². The Morgan fingerprint density at radius 2 is 1.64 bits per heavy atom. The van der Waals surface area contributed by atoms with Gasteiger partial charge in [-0.15, -0.1) is 10.2 Å². The highest BCUT2D eigenvalue weighted by Crippen LogP contribution is 2.39. The summed E-state index contributed by atoms with van der Waals surface area (Å²) in [4.78, 5) is 4.24. The molecule has 0 unspecified atom stereocenters. The molecule has 9 heteroatoms. The third-order valence-corrected chi connectivity index (χ3v) is 7.45. The summed E-state index contributed by atoms with van der Waals surface area (Å²) in [6.45, 7) is 4.83. The molecule has 0 saturated heterocycles. The monoisotopic (exact) mass is 463 g/mol. The van der Waals surface area contributed by atoms with Crippen LogP contribution in [0.1, 0.15) is 19.4 Å². The van der Waals surface area contributed by atoms with E-state index >= 15 is 0 Å². The molecule has 0 fully saturated rings. The number of nitrogens with zero attached hydrogens (tertiary/aromatic N) is 5. The van der Waals surface area contributed by atoms with Crippen molar-refractivity contribution in [3.63, 3.8) is 0 Å². The van der Waals surface area contributed by atoms with Gasteiger partial charge in [0, 0.05) is 24.7 Å². The second-order valence-corrected chi connectivity index (χ2v) is 9.34. The average Bonchev–Trinajstić information content (AvgIpc) is 3.10. The number of rotatable bonds is 8. The Hall–Kier alpha value is -3.56. The number of hydrogen-bond donors (Lipinski definition) is 1. The minimum atomic E-state index is -3.59. The first-order valence-corrected chi connectivity index (χ1v) is 12.1. The van der Waals surface area contributed by atoms with Crippen molar-refractivity contribution in [3.8, 4) is 5.88 Å². The maximum absolute atomic E-state index is 12.6. The van der Waals surface area contributed by atoms with Crippen molar-refractivity contribution in [1.82, 2.24) is 13.9 Å². The lowest BCUT2D eigenvalue weighted by molar-refractivity contribution is 0.429. The van der Waals surface area contributed by atoms with Crippen molar-refractivity contribution in [1.29, 1.82) is 0 Å². The molecule has 0 amide bonds. The highest BCUT2D eigenvalue weighted by Gasteiger charge is 2.22. The second kappa shape index (κ2) is 9.51. The Morgan fingerprint density at radius 3 is 2.30 bits per heavy atom. The summed E-state index contributed by atoms with van der Waals surface area (Å²) in [5.74, 6) is 0.248. The Balaban J connectivity index is 1.66. The largest absolute Gasteiger partial charge is 0.493 e. The first-order valence-electron chi connectivity index (χ1n) is 10.7. The Morgan fingerprint density at radius 1 is 0.939 bits per heavy atom. The van der Waals surface area contributed by atoms with Crippen LogP contribution in [0.4, 0.5) is 11.5 Å². The van der Waals surface area contributed by atoms with Gasteiger partial charge >= 0.3 is 0 Å². The van der Waals surface area contributed by atoms with Crippen LogP contribution < -0.4 is 0 Å². The van der Waals surface area contributed by atoms with E-state index in [1.165, 1.54) is 22.6 Å². The molecule has 0 atom stereocenters. The van der Waals surface area contributed by atoms with E-state index in [4.69, 9.17) is 0 Å². The molecule has 33 heavy (non-hydrogen) atoms. The predicted molar refractivity (Wildman–Crippen MR) is 128 cm³/mol. The van der Waals surface area contributed by atoms with Crippen LogP contribution >= 0.6 is 0 Å². The van der Waals surface area contributed by atoms with Gasteiger partial charge in [-0.05, 0) is 23.8 Å². The first kappa shape index (κ1) is 22.6. The zero-order chi connectivity index (χ0) is 23.4. The van der Waals surface area contributed by atoms with Crippen molar-refractivity contribution >= 4 is 32.4 Å². The molecule has 4 rings (SSSR count). The predicted octanol–water partition coefficient (Wildman–Crippen LogP) is 5.24. The topological polar surface area (TPSA) is 100 Å². The fourth-order valence-electron chi connectivity index (χ4n) is 3.69. The molecule has 0 aliphatic carbocycles. The fourth-order valence-corrected chi connectivity index (χ4v) is 5.10. The maximum Gasteiger partial charge on any atom is 0.244 e. The number of sulfonamides is 1. The SMILES string of the molecule is CCN(CC)S(=O)(=O)c1ccc(N=Nc2c(O)n(Cc3ccccc3)c3ccccc23)nc1. The van der Waals surface area contributed by atoms with Gasteiger partial charge in [0.2, 0.25) is 15.9 Å². The molecule has 4 aromatic rings. The lowest BCUT2D eigenvalue weighted by atomic mass is 10.2. The van der Waals surface area contributed by atoms with Gasteiger partial charge in [-0.3, -0.25) is 0 Å². The van der Waals surface area contributed by atoms with E-state index in [-0.39, 0.29) is 16.6 Å². The van der Waals surface area contributed by atoms with Crippen LogP contribution in [-0.2, 0) is 16.6 Å². The lowest BCUT2D eigenvalue weighted by Crippen LogP contribution is -2.30. The van der Waals surface area contributed by atoms with Gasteiger partial charge in [0.15, 0.2) is 11.5 Å². The molecule has 0 radical (unpaired) electrons. The molecule has 0 spiro atoms. The zero-order valence-corrected chi connectivity index (χ0v) is 19.3. The third kappa shape index (κ3) is 4.50. The number of azo groups is 1. The van der Waals surface area contributed by atoms with Crippen LogP contribution in [0, 0.1) is 0 Å². The minimum absolute atomic E-state index is 0.00420. The van der Waals surface area contributed by atoms with Crippen molar-refractivity contribution in [3.05, 3.63) is 78.5 Å². The van der Waals surface area contributed by atoms with E-state index in [0.29, 0.717) is 25.3 Å². The van der Waals surface area contributed by atoms with Gasteiger partial charge in [0.05, 0.1) is 12.1 Å². The Labute approximate surface area is 192 Å². The molecule has 0 bridgehead atoms. The smallest absolute Gasteiger partial charge is 0.244 e. The first-order chi connectivity index (χ1) is 16.0. The summed E-state index contributed by atoms with van der Waals surface area (Å²) in [5.41, 5.74) is 2.22. The minimum Gasteiger partial charge on any atom is -0.493 e. The highest BCUT2D eigenvalue weighted by molar-refractivity contribution is 7.89. The van der Waals surface area contributed by atoms with Gasteiger partial charge < -0.3 is 9.67 Å². The van der Waals surface area contributed by atoms with Crippen molar-refractivity contribution in [2.45, 2.75) is 25.3 Å². The van der Waals surface area contributed by atoms with Gasteiger partial charge in [-0.1, -0.05) is 62.4 Å². The van der Waals surface area contributed by atoms with Gasteiger partial charge in [-0.2, -0.15) is 4.31 Å². The second-order valence-electron chi connectivity index (χ2n) is 7.40. The van der Waals surface area contributed by atoms with Crippen LogP contribution in [0.25, 0.3) is 10.9 Å². The van der Waals surface area contributed by atoms with Gasteiger partial charge in [0.25, 0.3) is 0 Å². The molecule has 1 N–H and O–H groups in total. The van der Waals surface area contributed by atoms with E-state index in [1.807, 2.05) is 54.6 Å². The number of pyridine rings is 1. The number of fused-ring (bicyclic) bond motifs is 1. The number of benzene rings is 2. The van der Waals surface area contributed by atoms with Crippen molar-refractivity contribution < 1.29 is 13.5 Å². The summed E-state index contributed by atoms with van der Waals surface area (Å²) < 4.78 is 28.4. The molecule has 2 aromatic carbocycles. The van der Waals surface area contributed by atoms with Gasteiger partial charge in [-0.25, -0.2) is 13.4 Å². The summed E-state index contributed by atoms with van der Waals surface area (Å²) >= 11 is 0. The normalized spacial score (nSPS) is 12.2. The molecule has 2 heterocycles. The van der Waals surface area contributed by atoms with Crippen LogP contribution in [0.2, 0.25) is 0 Å². The molecule has 0 aliphatic heterocycles. The van der Waals surface area contributed by atoms with E-state index in [0.717, 1.165) is 16.5 Å². The number of aromatic nitrogens is 2. The summed E-state index contributed by atoms with van der Waals surface area (Å²) in [7, 11) is -3.59. The Kier molecular flexibility index (Phi) is 6.52. The molecule has 2 aromatic heterocycles. The third-order valence-electron chi connectivity index (χ3n) is 5.42. The highest BCUT2D eigenvalue weighted by atomic mass is 32.2. The van der Waals surface area contributed by atoms with Crippen LogP contribution in [0.5, 0.6) is 5.88 Å². The lowest BCUT2D eigenvalue weighted by Gasteiger charge is -2.17. The number of para-hydroxylation sites is 1. The van der Waals surface area contributed by atoms with Crippen LogP contribution in [-0.4, -0.2) is 40.5 Å². The fraction of sp³-hybridized carbons (Fsp3) is 0.208. The molecule has 0 aliphatic rings. The maximum atomic E-state index is 12.6. The van der Waals surface area contributed by atoms with Crippen molar-refractivity contribution in [2.24, 2.45) is 10.2 Å². The average molecular weight is 464 g/mol. The molecule has 0 saturated carbocycles. The van der Waals surface area contributed by atoms with E-state index in [9.17, 15) is 13.5 Å². The van der Waals surface area contributed by atoms with Crippen LogP contribution in [0.15, 0.2) is 88.1 Å². The van der Waals surface area contributed by atoms with Crippen LogP contribution in [0.3, 0.4) is 0 Å². The number of hydrogen-bond acceptors (Lipinski definition) is 6. The Bertz CT molecular complexity index is 1380. The quantitative estimate of drug-likeness (QED) is 0.361. The standard InChI is InChI=1S/C24H25N5O3S/c1-3-28(4-2)33(31,32)19-14-15-22(25-16-19)26-27-23-20-12-8-9-13-21(20)29(24(23)30)17-18-10-6-5-7-11-18/h5-16,30H,3-4,17H2,1-2H3.